The van der Waals surface area contributed by atoms with Crippen LogP contribution in [-0.2, 0) is 0 Å². The monoisotopic (exact) mass is 274 g/mol. The Morgan fingerprint density at radius 3 is 2.60 bits per heavy atom. The molecule has 104 valence electrons. The van der Waals surface area contributed by atoms with Crippen LogP contribution in [0.1, 0.15) is 17.3 Å². The van der Waals surface area contributed by atoms with E-state index in [4.69, 9.17) is 4.74 Å². The molecular formula is C15H15FN2O2. The van der Waals surface area contributed by atoms with Crippen LogP contribution in [0.3, 0.4) is 0 Å². The predicted octanol–water partition coefficient (Wildman–Crippen LogP) is 2.90. The first-order chi connectivity index (χ1) is 9.67. The first-order valence-electron chi connectivity index (χ1n) is 6.23. The number of rotatable bonds is 4. The van der Waals surface area contributed by atoms with Crippen molar-refractivity contribution in [2.45, 2.75) is 6.92 Å². The second-order valence-electron chi connectivity index (χ2n) is 4.09. The quantitative estimate of drug-likeness (QED) is 0.861. The number of ether oxygens (including phenoxy) is 1. The van der Waals surface area contributed by atoms with Crippen LogP contribution >= 0.6 is 0 Å². The summed E-state index contributed by atoms with van der Waals surface area (Å²) in [7, 11) is 1.47. The molecule has 0 unspecified atom stereocenters. The summed E-state index contributed by atoms with van der Waals surface area (Å²) in [6, 6.07) is 9.12. The number of carbonyl (C=O) groups is 1. The second kappa shape index (κ2) is 6.14. The van der Waals surface area contributed by atoms with Gasteiger partial charge in [0.25, 0.3) is 5.91 Å². The van der Waals surface area contributed by atoms with Crippen molar-refractivity contribution >= 4 is 11.6 Å². The van der Waals surface area contributed by atoms with Crippen molar-refractivity contribution < 1.29 is 13.9 Å². The number of amides is 1. The summed E-state index contributed by atoms with van der Waals surface area (Å²) in [6.45, 7) is 2.31. The van der Waals surface area contributed by atoms with Gasteiger partial charge in [-0.15, -0.1) is 0 Å². The smallest absolute Gasteiger partial charge is 0.263 e. The lowest BCUT2D eigenvalue weighted by atomic mass is 10.2. The minimum atomic E-state index is -0.337. The lowest BCUT2D eigenvalue weighted by Gasteiger charge is -2.21. The molecule has 2 rings (SSSR count). The Kier molecular flexibility index (Phi) is 4.30. The molecule has 5 heteroatoms. The van der Waals surface area contributed by atoms with Crippen molar-refractivity contribution in [2.75, 3.05) is 18.6 Å². The van der Waals surface area contributed by atoms with Crippen LogP contribution in [0.4, 0.5) is 10.1 Å². The highest BCUT2D eigenvalue weighted by Gasteiger charge is 2.20. The van der Waals surface area contributed by atoms with Gasteiger partial charge in [0.15, 0.2) is 0 Å². The van der Waals surface area contributed by atoms with E-state index in [2.05, 4.69) is 4.98 Å². The fraction of sp³-hybridized carbons (Fsp3) is 0.200. The highest BCUT2D eigenvalue weighted by atomic mass is 19.1. The molecule has 1 aromatic heterocycles. The van der Waals surface area contributed by atoms with E-state index in [1.54, 1.807) is 35.4 Å². The number of pyridine rings is 1. The normalized spacial score (nSPS) is 10.2. The van der Waals surface area contributed by atoms with Gasteiger partial charge in [-0.25, -0.2) is 9.37 Å². The Labute approximate surface area is 116 Å². The van der Waals surface area contributed by atoms with Crippen molar-refractivity contribution in [3.05, 3.63) is 54.0 Å². The average molecular weight is 274 g/mol. The molecule has 0 radical (unpaired) electrons. The third-order valence-corrected chi connectivity index (χ3v) is 2.89. The van der Waals surface area contributed by atoms with E-state index in [1.807, 2.05) is 6.92 Å². The molecule has 0 aliphatic heterocycles. The van der Waals surface area contributed by atoms with Crippen LogP contribution in [-0.4, -0.2) is 24.5 Å². The molecule has 0 spiro atoms. The standard InChI is InChI=1S/C15H15FN2O2/c1-3-18(12-8-6-11(16)7-9-12)15(19)13-5-4-10-17-14(13)20-2/h4-10H,3H2,1-2H3. The maximum atomic E-state index is 13.0. The van der Waals surface area contributed by atoms with Crippen LogP contribution in [0.2, 0.25) is 0 Å². The first-order valence-corrected chi connectivity index (χ1v) is 6.23. The number of nitrogens with zero attached hydrogens (tertiary/aromatic N) is 2. The highest BCUT2D eigenvalue weighted by molar-refractivity contribution is 6.07. The number of hydrogen-bond acceptors (Lipinski definition) is 3. The van der Waals surface area contributed by atoms with E-state index in [-0.39, 0.29) is 17.6 Å². The van der Waals surface area contributed by atoms with Gasteiger partial charge in [-0.1, -0.05) is 0 Å². The van der Waals surface area contributed by atoms with Crippen LogP contribution in [0.25, 0.3) is 0 Å². The number of methoxy groups -OCH3 is 1. The molecule has 1 aromatic carbocycles. The Hall–Kier alpha value is -2.43. The number of hydrogen-bond donors (Lipinski definition) is 0. The largest absolute Gasteiger partial charge is 0.480 e. The number of carbonyl (C=O) groups excluding carboxylic acids is 1. The fourth-order valence-corrected chi connectivity index (χ4v) is 1.93. The lowest BCUT2D eigenvalue weighted by Crippen LogP contribution is -2.31. The molecule has 2 aromatic rings. The summed E-state index contributed by atoms with van der Waals surface area (Å²) in [5.74, 6) is -0.293. The van der Waals surface area contributed by atoms with Crippen molar-refractivity contribution in [3.63, 3.8) is 0 Å². The van der Waals surface area contributed by atoms with Gasteiger partial charge in [-0.3, -0.25) is 4.79 Å². The highest BCUT2D eigenvalue weighted by Crippen LogP contribution is 2.21. The van der Waals surface area contributed by atoms with Gasteiger partial charge >= 0.3 is 0 Å². The minimum Gasteiger partial charge on any atom is -0.480 e. The average Bonchev–Trinajstić information content (AvgIpc) is 2.49. The molecule has 0 saturated carbocycles. The maximum absolute atomic E-state index is 13.0. The van der Waals surface area contributed by atoms with E-state index in [9.17, 15) is 9.18 Å². The van der Waals surface area contributed by atoms with E-state index < -0.39 is 0 Å². The fourth-order valence-electron chi connectivity index (χ4n) is 1.93. The molecular weight excluding hydrogens is 259 g/mol. The summed E-state index contributed by atoms with van der Waals surface area (Å²) in [5, 5.41) is 0. The van der Waals surface area contributed by atoms with Gasteiger partial charge in [0, 0.05) is 18.4 Å². The first kappa shape index (κ1) is 14.0. The third-order valence-electron chi connectivity index (χ3n) is 2.89. The maximum Gasteiger partial charge on any atom is 0.263 e. The van der Waals surface area contributed by atoms with Crippen LogP contribution in [0.5, 0.6) is 5.88 Å². The molecule has 1 heterocycles. The van der Waals surface area contributed by atoms with Gasteiger partial charge in [-0.2, -0.15) is 0 Å². The van der Waals surface area contributed by atoms with E-state index in [0.29, 0.717) is 17.8 Å². The second-order valence-corrected chi connectivity index (χ2v) is 4.09. The molecule has 4 nitrogen and oxygen atoms in total. The van der Waals surface area contributed by atoms with Crippen molar-refractivity contribution in [3.8, 4) is 5.88 Å². The van der Waals surface area contributed by atoms with E-state index in [0.717, 1.165) is 0 Å². The number of anilines is 1. The number of benzene rings is 1. The summed E-state index contributed by atoms with van der Waals surface area (Å²) >= 11 is 0. The predicted molar refractivity (Wildman–Crippen MR) is 74.5 cm³/mol. The SMILES string of the molecule is CCN(C(=O)c1cccnc1OC)c1ccc(F)cc1. The van der Waals surface area contributed by atoms with Crippen LogP contribution in [0.15, 0.2) is 42.6 Å². The molecule has 1 amide bonds. The minimum absolute atomic E-state index is 0.232. The van der Waals surface area contributed by atoms with E-state index in [1.165, 1.54) is 19.2 Å². The molecule has 0 N–H and O–H groups in total. The topological polar surface area (TPSA) is 42.4 Å². The molecule has 0 aliphatic rings. The lowest BCUT2D eigenvalue weighted by molar-refractivity contribution is 0.0984. The van der Waals surface area contributed by atoms with Gasteiger partial charge in [0.05, 0.1) is 7.11 Å². The van der Waals surface area contributed by atoms with Crippen LogP contribution < -0.4 is 9.64 Å². The molecule has 0 saturated heterocycles. The summed E-state index contributed by atoms with van der Waals surface area (Å²) < 4.78 is 18.1. The summed E-state index contributed by atoms with van der Waals surface area (Å²) in [6.07, 6.45) is 1.56. The van der Waals surface area contributed by atoms with Crippen molar-refractivity contribution in [1.82, 2.24) is 4.98 Å². The third kappa shape index (κ3) is 2.77. The summed E-state index contributed by atoms with van der Waals surface area (Å²) in [4.78, 5) is 18.1. The molecule has 0 aliphatic carbocycles. The van der Waals surface area contributed by atoms with Crippen molar-refractivity contribution in [1.29, 1.82) is 0 Å². The Morgan fingerprint density at radius 1 is 1.30 bits per heavy atom. The van der Waals surface area contributed by atoms with Gasteiger partial charge < -0.3 is 9.64 Å². The zero-order chi connectivity index (χ0) is 14.5. The van der Waals surface area contributed by atoms with Gasteiger partial charge in [0.2, 0.25) is 5.88 Å². The zero-order valence-corrected chi connectivity index (χ0v) is 11.3. The Bertz CT molecular complexity index is 599. The zero-order valence-electron chi connectivity index (χ0n) is 11.3. The van der Waals surface area contributed by atoms with E-state index >= 15 is 0 Å². The molecule has 0 bridgehead atoms. The summed E-state index contributed by atoms with van der Waals surface area (Å²) in [5.41, 5.74) is 1.01. The van der Waals surface area contributed by atoms with Crippen LogP contribution in [0, 0.1) is 5.82 Å². The van der Waals surface area contributed by atoms with Gasteiger partial charge in [0.1, 0.15) is 11.4 Å². The van der Waals surface area contributed by atoms with Gasteiger partial charge in [-0.05, 0) is 43.3 Å². The number of halogens is 1. The molecule has 0 fully saturated rings. The van der Waals surface area contributed by atoms with Crippen molar-refractivity contribution in [2.24, 2.45) is 0 Å². The number of aromatic nitrogens is 1. The molecule has 20 heavy (non-hydrogen) atoms. The Morgan fingerprint density at radius 2 is 2.00 bits per heavy atom. The molecule has 0 atom stereocenters. The Balaban J connectivity index is 2.36.